The van der Waals surface area contributed by atoms with Crippen molar-refractivity contribution >= 4 is 42.3 Å². The van der Waals surface area contributed by atoms with Crippen molar-refractivity contribution in [3.63, 3.8) is 0 Å². The van der Waals surface area contributed by atoms with Gasteiger partial charge in [-0.1, -0.05) is 11.6 Å². The fourth-order valence-electron chi connectivity index (χ4n) is 4.76. The highest BCUT2D eigenvalue weighted by Crippen LogP contribution is 2.33. The maximum absolute atomic E-state index is 12.7. The number of carbonyl (C=O) groups excluding carboxylic acids is 1. The largest absolute Gasteiger partial charge is 0.492 e. The van der Waals surface area contributed by atoms with E-state index in [1.54, 1.807) is 0 Å². The first-order valence-corrected chi connectivity index (χ1v) is 10.7. The Balaban J connectivity index is 0.00000150. The quantitative estimate of drug-likeness (QED) is 0.698. The number of fused-ring (bicyclic) bond motifs is 2. The Labute approximate surface area is 191 Å². The number of ether oxygens (including phenoxy) is 1. The van der Waals surface area contributed by atoms with E-state index in [2.05, 4.69) is 15.1 Å². The maximum atomic E-state index is 12.7. The second-order valence-electron chi connectivity index (χ2n) is 8.20. The molecule has 3 fully saturated rings. The molecule has 1 amide bonds. The molecule has 164 valence electrons. The van der Waals surface area contributed by atoms with Crippen LogP contribution in [0.1, 0.15) is 32.1 Å². The van der Waals surface area contributed by atoms with Gasteiger partial charge in [-0.2, -0.15) is 0 Å². The summed E-state index contributed by atoms with van der Waals surface area (Å²) in [5, 5.41) is 4.39. The van der Waals surface area contributed by atoms with Gasteiger partial charge >= 0.3 is 0 Å². The fourth-order valence-corrected chi connectivity index (χ4v) is 4.89. The smallest absolute Gasteiger partial charge is 0.222 e. The SMILES string of the molecule is Cl.Cl.O=C(CC1CC2CCC(C1)N2)N1CCN(CCOc2ccc(Cl)cc2)CC1. The standard InChI is InChI=1S/C21H30ClN3O2.2ClH/c22-17-1-5-20(6-2-17)27-12-11-24-7-9-25(10-8-24)21(26)15-16-13-18-3-4-19(14-16)23-18;;/h1-2,5-6,16,18-19,23H,3-4,7-15H2;2*1H. The zero-order valence-corrected chi connectivity index (χ0v) is 19.1. The first-order chi connectivity index (χ1) is 13.2. The third kappa shape index (κ3) is 6.90. The van der Waals surface area contributed by atoms with E-state index in [9.17, 15) is 4.79 Å². The minimum atomic E-state index is 0. The Bertz CT molecular complexity index is 627. The zero-order valence-electron chi connectivity index (χ0n) is 16.7. The number of nitrogens with one attached hydrogen (secondary N) is 1. The van der Waals surface area contributed by atoms with Crippen LogP contribution >= 0.6 is 36.4 Å². The van der Waals surface area contributed by atoms with Gasteiger partial charge in [-0.05, 0) is 55.9 Å². The van der Waals surface area contributed by atoms with E-state index in [0.29, 0.717) is 30.5 Å². The van der Waals surface area contributed by atoms with E-state index < -0.39 is 0 Å². The van der Waals surface area contributed by atoms with Gasteiger partial charge in [0.25, 0.3) is 0 Å². The number of amides is 1. The molecule has 3 heterocycles. The molecule has 1 N–H and O–H groups in total. The van der Waals surface area contributed by atoms with Crippen LogP contribution in [0.25, 0.3) is 0 Å². The van der Waals surface area contributed by atoms with Crippen LogP contribution in [0.15, 0.2) is 24.3 Å². The monoisotopic (exact) mass is 463 g/mol. The number of hydrogen-bond donors (Lipinski definition) is 1. The molecule has 1 aromatic rings. The number of nitrogens with zero attached hydrogens (tertiary/aromatic N) is 2. The van der Waals surface area contributed by atoms with Gasteiger partial charge < -0.3 is 15.0 Å². The third-order valence-corrected chi connectivity index (χ3v) is 6.50. The average molecular weight is 465 g/mol. The van der Waals surface area contributed by atoms with Crippen molar-refractivity contribution in [2.75, 3.05) is 39.3 Å². The van der Waals surface area contributed by atoms with Crippen LogP contribution in [0.3, 0.4) is 0 Å². The van der Waals surface area contributed by atoms with E-state index in [4.69, 9.17) is 16.3 Å². The molecule has 29 heavy (non-hydrogen) atoms. The van der Waals surface area contributed by atoms with E-state index in [1.807, 2.05) is 24.3 Å². The summed E-state index contributed by atoms with van der Waals surface area (Å²) >= 11 is 5.89. The van der Waals surface area contributed by atoms with Crippen molar-refractivity contribution in [2.45, 2.75) is 44.2 Å². The molecule has 5 nitrogen and oxygen atoms in total. The molecule has 0 spiro atoms. The van der Waals surface area contributed by atoms with Crippen molar-refractivity contribution in [3.8, 4) is 5.75 Å². The molecule has 8 heteroatoms. The van der Waals surface area contributed by atoms with Crippen LogP contribution in [-0.4, -0.2) is 67.1 Å². The lowest BCUT2D eigenvalue weighted by Crippen LogP contribution is -2.50. The summed E-state index contributed by atoms with van der Waals surface area (Å²) < 4.78 is 5.78. The summed E-state index contributed by atoms with van der Waals surface area (Å²) in [5.41, 5.74) is 0. The van der Waals surface area contributed by atoms with Crippen molar-refractivity contribution in [1.82, 2.24) is 15.1 Å². The number of hydrogen-bond acceptors (Lipinski definition) is 4. The average Bonchev–Trinajstić information content (AvgIpc) is 3.02. The number of halogens is 3. The summed E-state index contributed by atoms with van der Waals surface area (Å²) in [7, 11) is 0. The van der Waals surface area contributed by atoms with Gasteiger partial charge in [0, 0.05) is 56.3 Å². The van der Waals surface area contributed by atoms with Gasteiger partial charge in [0.15, 0.2) is 0 Å². The first kappa shape index (κ1) is 24.5. The molecule has 3 aliphatic rings. The summed E-state index contributed by atoms with van der Waals surface area (Å²) in [6, 6.07) is 8.81. The predicted octanol–water partition coefficient (Wildman–Crippen LogP) is 3.63. The maximum Gasteiger partial charge on any atom is 0.222 e. The van der Waals surface area contributed by atoms with E-state index in [1.165, 1.54) is 25.7 Å². The third-order valence-electron chi connectivity index (χ3n) is 6.25. The molecule has 0 aromatic heterocycles. The second-order valence-corrected chi connectivity index (χ2v) is 8.64. The summed E-state index contributed by atoms with van der Waals surface area (Å²) in [6.45, 7) is 5.12. The van der Waals surface area contributed by atoms with Gasteiger partial charge in [0.1, 0.15) is 12.4 Å². The normalized spacial score (nSPS) is 26.4. The lowest BCUT2D eigenvalue weighted by molar-refractivity contribution is -0.134. The van der Waals surface area contributed by atoms with Gasteiger partial charge in [0.2, 0.25) is 5.91 Å². The van der Waals surface area contributed by atoms with Crippen LogP contribution in [0.5, 0.6) is 5.75 Å². The summed E-state index contributed by atoms with van der Waals surface area (Å²) in [5.74, 6) is 1.80. The molecule has 3 aliphatic heterocycles. The van der Waals surface area contributed by atoms with Crippen LogP contribution < -0.4 is 10.1 Å². The Hall–Kier alpha value is -0.720. The van der Waals surface area contributed by atoms with Crippen molar-refractivity contribution in [2.24, 2.45) is 5.92 Å². The number of rotatable bonds is 6. The van der Waals surface area contributed by atoms with Gasteiger partial charge in [-0.25, -0.2) is 0 Å². The van der Waals surface area contributed by atoms with E-state index >= 15 is 0 Å². The Kier molecular flexibility index (Phi) is 9.83. The molecule has 1 aromatic carbocycles. The molecular formula is C21H32Cl3N3O2. The van der Waals surface area contributed by atoms with Crippen LogP contribution in [-0.2, 0) is 4.79 Å². The highest BCUT2D eigenvalue weighted by atomic mass is 35.5. The van der Waals surface area contributed by atoms with Crippen LogP contribution in [0.4, 0.5) is 0 Å². The van der Waals surface area contributed by atoms with E-state index in [-0.39, 0.29) is 24.8 Å². The number of piperazine rings is 1. The van der Waals surface area contributed by atoms with Gasteiger partial charge in [-0.3, -0.25) is 9.69 Å². The Morgan fingerprint density at radius 1 is 1.03 bits per heavy atom. The molecule has 2 unspecified atom stereocenters. The highest BCUT2D eigenvalue weighted by Gasteiger charge is 2.35. The van der Waals surface area contributed by atoms with Crippen LogP contribution in [0, 0.1) is 5.92 Å². The lowest BCUT2D eigenvalue weighted by atomic mass is 9.89. The van der Waals surface area contributed by atoms with Crippen molar-refractivity contribution in [1.29, 1.82) is 0 Å². The minimum Gasteiger partial charge on any atom is -0.492 e. The molecule has 0 aliphatic carbocycles. The number of carbonyl (C=O) groups is 1. The molecular weight excluding hydrogens is 433 g/mol. The summed E-state index contributed by atoms with van der Waals surface area (Å²) in [4.78, 5) is 17.1. The summed E-state index contributed by atoms with van der Waals surface area (Å²) in [6.07, 6.45) is 5.71. The molecule has 2 atom stereocenters. The lowest BCUT2D eigenvalue weighted by Gasteiger charge is -2.36. The Morgan fingerprint density at radius 3 is 2.28 bits per heavy atom. The van der Waals surface area contributed by atoms with Crippen molar-refractivity contribution < 1.29 is 9.53 Å². The van der Waals surface area contributed by atoms with Gasteiger partial charge in [-0.15, -0.1) is 24.8 Å². The zero-order chi connectivity index (χ0) is 18.6. The fraction of sp³-hybridized carbons (Fsp3) is 0.667. The first-order valence-electron chi connectivity index (χ1n) is 10.3. The molecule has 0 saturated carbocycles. The predicted molar refractivity (Wildman–Crippen MR) is 122 cm³/mol. The van der Waals surface area contributed by atoms with E-state index in [0.717, 1.165) is 49.9 Å². The minimum absolute atomic E-state index is 0. The molecule has 4 rings (SSSR count). The van der Waals surface area contributed by atoms with Gasteiger partial charge in [0.05, 0.1) is 0 Å². The topological polar surface area (TPSA) is 44.8 Å². The van der Waals surface area contributed by atoms with Crippen molar-refractivity contribution in [3.05, 3.63) is 29.3 Å². The Morgan fingerprint density at radius 2 is 1.66 bits per heavy atom. The second kappa shape index (κ2) is 11.6. The number of piperidine rings is 1. The highest BCUT2D eigenvalue weighted by molar-refractivity contribution is 6.30. The molecule has 3 saturated heterocycles. The number of benzene rings is 1. The molecule has 2 bridgehead atoms. The molecule has 0 radical (unpaired) electrons. The van der Waals surface area contributed by atoms with Crippen LogP contribution in [0.2, 0.25) is 5.02 Å².